The Kier molecular flexibility index (Phi) is 4.07. The van der Waals surface area contributed by atoms with Gasteiger partial charge < -0.3 is 19.3 Å². The van der Waals surface area contributed by atoms with E-state index < -0.39 is 6.10 Å². The summed E-state index contributed by atoms with van der Waals surface area (Å²) in [6.07, 6.45) is 6.08. The highest BCUT2D eigenvalue weighted by molar-refractivity contribution is 5.91. The molecule has 2 saturated carbocycles. The summed E-state index contributed by atoms with van der Waals surface area (Å²) in [5, 5.41) is 11.3. The first-order valence-corrected chi connectivity index (χ1v) is 11.9. The zero-order valence-electron chi connectivity index (χ0n) is 18.6. The molecule has 12 atom stereocenters. The Hall–Kier alpha value is -1.82. The van der Waals surface area contributed by atoms with Crippen LogP contribution in [0.25, 0.3) is 0 Å². The summed E-state index contributed by atoms with van der Waals surface area (Å²) in [4.78, 5) is 25.0. The second-order valence-corrected chi connectivity index (χ2v) is 11.0. The number of hydrogen-bond donors (Lipinski definition) is 1. The summed E-state index contributed by atoms with van der Waals surface area (Å²) < 4.78 is 18.2. The third-order valence-electron chi connectivity index (χ3n) is 9.57. The van der Waals surface area contributed by atoms with Crippen molar-refractivity contribution in [1.29, 1.82) is 0 Å². The van der Waals surface area contributed by atoms with E-state index in [1.54, 1.807) is 0 Å². The quantitative estimate of drug-likeness (QED) is 0.509. The number of aliphatic hydroxyl groups is 1. The fourth-order valence-electron chi connectivity index (χ4n) is 8.17. The van der Waals surface area contributed by atoms with Gasteiger partial charge in [0.25, 0.3) is 0 Å². The standard InChI is InChI=1S/C25H32O6/c1-10-16-7-8-25(4)15-9-13-5-6-14-18(21(27)11(2)22(14)29-12(3)26)17(13)19(15)20(23(10)31-25)24(28)30-16/h5-6,10-11,13-19,21-22,27H,7-9H2,1-4H3/t10-,11+,13+,14+,15+,16+,17-,18-,19+,21+,22-,25+/m0/s1/i12+2. The summed E-state index contributed by atoms with van der Waals surface area (Å²) in [6.45, 7) is 7.72. The van der Waals surface area contributed by atoms with Crippen molar-refractivity contribution >= 4 is 11.9 Å². The lowest BCUT2D eigenvalue weighted by Crippen LogP contribution is -2.49. The van der Waals surface area contributed by atoms with Crippen molar-refractivity contribution in [2.75, 3.05) is 0 Å². The fourth-order valence-corrected chi connectivity index (χ4v) is 8.17. The summed E-state index contributed by atoms with van der Waals surface area (Å²) in [6, 6.07) is 0. The molecule has 1 N–H and O–H groups in total. The average molecular weight is 431 g/mol. The molecule has 31 heavy (non-hydrogen) atoms. The van der Waals surface area contributed by atoms with E-state index in [0.29, 0.717) is 0 Å². The molecule has 6 nitrogen and oxygen atoms in total. The van der Waals surface area contributed by atoms with Crippen molar-refractivity contribution in [2.45, 2.75) is 70.9 Å². The maximum atomic E-state index is 13.2. The number of hydrogen-bond acceptors (Lipinski definition) is 6. The predicted octanol–water partition coefficient (Wildman–Crippen LogP) is 3.00. The monoisotopic (exact) mass is 430 g/mol. The molecule has 3 fully saturated rings. The van der Waals surface area contributed by atoms with Gasteiger partial charge in [-0.25, -0.2) is 4.79 Å². The molecular weight excluding hydrogens is 398 g/mol. The van der Waals surface area contributed by atoms with Crippen molar-refractivity contribution in [1.82, 2.24) is 0 Å². The van der Waals surface area contributed by atoms with Gasteiger partial charge in [-0.05, 0) is 43.9 Å². The second-order valence-electron chi connectivity index (χ2n) is 11.0. The Labute approximate surface area is 183 Å². The summed E-state index contributed by atoms with van der Waals surface area (Å²) in [5.41, 5.74) is 0.413. The highest BCUT2D eigenvalue weighted by Crippen LogP contribution is 2.65. The van der Waals surface area contributed by atoms with Gasteiger partial charge in [-0.1, -0.05) is 26.0 Å². The number of ether oxygens (including phenoxy) is 3. The number of allylic oxidation sites excluding steroid dienone is 1. The van der Waals surface area contributed by atoms with E-state index in [0.717, 1.165) is 30.6 Å². The highest BCUT2D eigenvalue weighted by atomic mass is 16.8. The Balaban J connectivity index is 1.47. The maximum absolute atomic E-state index is 13.2. The Morgan fingerprint density at radius 1 is 1.26 bits per heavy atom. The van der Waals surface area contributed by atoms with Gasteiger partial charge in [-0.3, -0.25) is 4.79 Å². The maximum Gasteiger partial charge on any atom is 0.338 e. The molecule has 0 radical (unpaired) electrons. The molecule has 0 aromatic carbocycles. The van der Waals surface area contributed by atoms with Crippen LogP contribution in [0.2, 0.25) is 0 Å². The first-order chi connectivity index (χ1) is 14.7. The van der Waals surface area contributed by atoms with Gasteiger partial charge >= 0.3 is 11.9 Å². The smallest absolute Gasteiger partial charge is 0.338 e. The molecule has 168 valence electrons. The number of fused-ring (bicyclic) bond motifs is 9. The first-order valence-electron chi connectivity index (χ1n) is 11.9. The van der Waals surface area contributed by atoms with Gasteiger partial charge in [-0.15, -0.1) is 0 Å². The van der Waals surface area contributed by atoms with Gasteiger partial charge in [-0.2, -0.15) is 0 Å². The number of esters is 2. The Morgan fingerprint density at radius 2 is 2.03 bits per heavy atom. The van der Waals surface area contributed by atoms with Crippen molar-refractivity contribution in [3.8, 4) is 0 Å². The largest absolute Gasteiger partial charge is 0.491 e. The van der Waals surface area contributed by atoms with Crippen molar-refractivity contribution in [3.05, 3.63) is 23.5 Å². The van der Waals surface area contributed by atoms with E-state index in [2.05, 4.69) is 26.0 Å². The minimum Gasteiger partial charge on any atom is -0.491 e. The molecule has 0 unspecified atom stereocenters. The van der Waals surface area contributed by atoms with E-state index in [1.807, 2.05) is 6.92 Å². The Bertz CT molecular complexity index is 906. The molecule has 0 aromatic heterocycles. The Morgan fingerprint density at radius 3 is 2.77 bits per heavy atom. The lowest BCUT2D eigenvalue weighted by molar-refractivity contribution is -0.154. The van der Waals surface area contributed by atoms with Gasteiger partial charge in [0, 0.05) is 30.6 Å². The molecule has 0 amide bonds. The molecule has 3 bridgehead atoms. The topological polar surface area (TPSA) is 82.1 Å². The lowest BCUT2D eigenvalue weighted by Gasteiger charge is -2.48. The lowest BCUT2D eigenvalue weighted by atomic mass is 9.64. The summed E-state index contributed by atoms with van der Waals surface area (Å²) in [5.74, 6) is 0.819. The first kappa shape index (κ1) is 19.8. The van der Waals surface area contributed by atoms with E-state index in [-0.39, 0.29) is 77.1 Å². The van der Waals surface area contributed by atoms with Crippen molar-refractivity contribution < 1.29 is 28.9 Å². The zero-order chi connectivity index (χ0) is 21.8. The third kappa shape index (κ3) is 2.48. The van der Waals surface area contributed by atoms with Crippen LogP contribution in [0.15, 0.2) is 23.5 Å². The van der Waals surface area contributed by atoms with Crippen LogP contribution in [0.1, 0.15) is 47.0 Å². The minimum atomic E-state index is -0.571. The second kappa shape index (κ2) is 6.37. The molecule has 3 heterocycles. The fraction of sp³-hybridized carbons (Fsp3) is 0.760. The molecule has 1 saturated heterocycles. The van der Waals surface area contributed by atoms with Gasteiger partial charge in [0.05, 0.1) is 17.6 Å². The molecule has 3 aliphatic carbocycles. The molecule has 0 spiro atoms. The van der Waals surface area contributed by atoms with Crippen LogP contribution in [0.4, 0.5) is 0 Å². The molecule has 6 heteroatoms. The minimum absolute atomic E-state index is 0.0168. The van der Waals surface area contributed by atoms with Gasteiger partial charge in [0.2, 0.25) is 0 Å². The number of rotatable bonds is 1. The summed E-state index contributed by atoms with van der Waals surface area (Å²) >= 11 is 0. The zero-order valence-corrected chi connectivity index (χ0v) is 18.6. The van der Waals surface area contributed by atoms with E-state index in [1.165, 1.54) is 6.92 Å². The highest BCUT2D eigenvalue weighted by Gasteiger charge is 2.66. The average Bonchev–Trinajstić information content (AvgIpc) is 3.20. The SMILES string of the molecule is C[C@@H]1[C@@H](O)[C@H]2[C@@H](C=C[C@@H]3C[C@@H]4[C@@H](C5=C6O[C@]4(C)CC[C@@H](OC5=O)[C@@H]6C)[C@H]23)[C@H]1O[14C](C)=O. The van der Waals surface area contributed by atoms with Gasteiger partial charge in [0.1, 0.15) is 23.6 Å². The molecule has 6 rings (SSSR count). The van der Waals surface area contributed by atoms with Crippen LogP contribution in [0.5, 0.6) is 0 Å². The van der Waals surface area contributed by atoms with Crippen LogP contribution in [-0.4, -0.2) is 41.0 Å². The normalized spacial score (nSPS) is 53.8. The molecule has 3 aliphatic heterocycles. The third-order valence-corrected chi connectivity index (χ3v) is 9.57. The number of carbonyl (C=O) groups is 2. The molecule has 6 aliphatic rings. The van der Waals surface area contributed by atoms with Crippen LogP contribution < -0.4 is 0 Å². The van der Waals surface area contributed by atoms with Crippen molar-refractivity contribution in [2.24, 2.45) is 47.3 Å². The van der Waals surface area contributed by atoms with E-state index in [9.17, 15) is 14.7 Å². The van der Waals surface area contributed by atoms with E-state index in [4.69, 9.17) is 14.2 Å². The van der Waals surface area contributed by atoms with Crippen LogP contribution >= 0.6 is 0 Å². The molecular formula is C25H32O6. The van der Waals surface area contributed by atoms with Crippen LogP contribution in [0.3, 0.4) is 0 Å². The predicted molar refractivity (Wildman–Crippen MR) is 110 cm³/mol. The summed E-state index contributed by atoms with van der Waals surface area (Å²) in [7, 11) is 0. The van der Waals surface area contributed by atoms with Crippen LogP contribution in [0, 0.1) is 47.3 Å². The van der Waals surface area contributed by atoms with Gasteiger partial charge in [0.15, 0.2) is 0 Å². The van der Waals surface area contributed by atoms with Crippen LogP contribution in [-0.2, 0) is 23.8 Å². The number of carbonyl (C=O) groups excluding carboxylic acids is 2. The molecule has 0 aromatic rings. The van der Waals surface area contributed by atoms with Crippen molar-refractivity contribution in [3.63, 3.8) is 0 Å². The number of aliphatic hydroxyl groups excluding tert-OH is 1. The van der Waals surface area contributed by atoms with E-state index >= 15 is 0 Å².